The molecule has 0 radical (unpaired) electrons. The maximum Gasteiger partial charge on any atom is 0.242 e. The molecule has 0 saturated heterocycles. The zero-order chi connectivity index (χ0) is 13.1. The van der Waals surface area contributed by atoms with E-state index in [4.69, 9.17) is 33.7 Å². The van der Waals surface area contributed by atoms with Crippen molar-refractivity contribution in [1.29, 1.82) is 0 Å². The van der Waals surface area contributed by atoms with Gasteiger partial charge >= 0.3 is 0 Å². The van der Waals surface area contributed by atoms with Gasteiger partial charge in [0.2, 0.25) is 10.0 Å². The number of anilines is 1. The van der Waals surface area contributed by atoms with Crippen LogP contribution in [0.1, 0.15) is 0 Å². The Labute approximate surface area is 110 Å². The number of halogens is 2. The number of nitrogens with two attached hydrogens (primary N) is 1. The highest BCUT2D eigenvalue weighted by molar-refractivity contribution is 7.89. The Balaban J connectivity index is 3.03. The summed E-state index contributed by atoms with van der Waals surface area (Å²) < 4.78 is 30.7. The monoisotopic (exact) mass is 298 g/mol. The van der Waals surface area contributed by atoms with E-state index in [-0.39, 0.29) is 33.8 Å². The van der Waals surface area contributed by atoms with Crippen LogP contribution < -0.4 is 10.5 Å². The van der Waals surface area contributed by atoms with Gasteiger partial charge in [-0.25, -0.2) is 13.1 Å². The Morgan fingerprint density at radius 3 is 2.59 bits per heavy atom. The summed E-state index contributed by atoms with van der Waals surface area (Å²) in [6, 6.07) is 2.52. The molecule has 0 aromatic heterocycles. The molecule has 5 nitrogen and oxygen atoms in total. The number of rotatable bonds is 5. The summed E-state index contributed by atoms with van der Waals surface area (Å²) >= 11 is 11.6. The summed E-state index contributed by atoms with van der Waals surface area (Å²) in [4.78, 5) is -0.102. The van der Waals surface area contributed by atoms with Crippen LogP contribution in [-0.4, -0.2) is 28.7 Å². The number of ether oxygens (including phenoxy) is 1. The molecule has 0 amide bonds. The average molecular weight is 299 g/mol. The lowest BCUT2D eigenvalue weighted by Crippen LogP contribution is -2.27. The average Bonchev–Trinajstić information content (AvgIpc) is 2.23. The van der Waals surface area contributed by atoms with E-state index < -0.39 is 10.0 Å². The predicted molar refractivity (Wildman–Crippen MR) is 67.9 cm³/mol. The Morgan fingerprint density at radius 1 is 1.35 bits per heavy atom. The first-order valence-corrected chi connectivity index (χ1v) is 6.85. The van der Waals surface area contributed by atoms with Gasteiger partial charge in [0, 0.05) is 13.7 Å². The first-order chi connectivity index (χ1) is 7.88. The Kier molecular flexibility index (Phi) is 5.03. The molecular weight excluding hydrogens is 287 g/mol. The van der Waals surface area contributed by atoms with Gasteiger partial charge < -0.3 is 10.5 Å². The maximum absolute atomic E-state index is 11.8. The molecule has 1 aromatic rings. The number of methoxy groups -OCH3 is 1. The summed E-state index contributed by atoms with van der Waals surface area (Å²) in [7, 11) is -2.23. The lowest BCUT2D eigenvalue weighted by Gasteiger charge is -2.09. The van der Waals surface area contributed by atoms with Gasteiger partial charge in [-0.05, 0) is 12.1 Å². The number of nitrogens with one attached hydrogen (secondary N) is 1. The normalized spacial score (nSPS) is 11.7. The largest absolute Gasteiger partial charge is 0.397 e. The second-order valence-electron chi connectivity index (χ2n) is 3.19. The van der Waals surface area contributed by atoms with Gasteiger partial charge in [0.25, 0.3) is 0 Å². The molecule has 8 heteroatoms. The molecule has 0 heterocycles. The van der Waals surface area contributed by atoms with Crippen LogP contribution in [0, 0.1) is 0 Å². The molecule has 0 unspecified atom stereocenters. The van der Waals surface area contributed by atoms with Crippen LogP contribution in [0.5, 0.6) is 0 Å². The third-order valence-electron chi connectivity index (χ3n) is 1.94. The molecule has 96 valence electrons. The highest BCUT2D eigenvalue weighted by atomic mass is 35.5. The van der Waals surface area contributed by atoms with Crippen LogP contribution in [0.3, 0.4) is 0 Å². The molecule has 17 heavy (non-hydrogen) atoms. The first kappa shape index (κ1) is 14.5. The van der Waals surface area contributed by atoms with Crippen molar-refractivity contribution in [1.82, 2.24) is 4.72 Å². The van der Waals surface area contributed by atoms with Gasteiger partial charge in [-0.2, -0.15) is 0 Å². The molecule has 0 atom stereocenters. The van der Waals surface area contributed by atoms with Crippen LogP contribution in [0.4, 0.5) is 5.69 Å². The van der Waals surface area contributed by atoms with Crippen LogP contribution in [0.25, 0.3) is 0 Å². The molecule has 0 aliphatic carbocycles. The highest BCUT2D eigenvalue weighted by Crippen LogP contribution is 2.29. The molecular formula is C9H12Cl2N2O3S. The van der Waals surface area contributed by atoms with E-state index in [0.717, 1.165) is 0 Å². The summed E-state index contributed by atoms with van der Waals surface area (Å²) in [5.74, 6) is 0. The van der Waals surface area contributed by atoms with Crippen molar-refractivity contribution in [3.05, 3.63) is 22.2 Å². The third-order valence-corrected chi connectivity index (χ3v) is 4.19. The SMILES string of the molecule is COCCNS(=O)(=O)c1cc(Cl)c(N)cc1Cl. The lowest BCUT2D eigenvalue weighted by molar-refractivity contribution is 0.204. The van der Waals surface area contributed by atoms with E-state index in [2.05, 4.69) is 4.72 Å². The van der Waals surface area contributed by atoms with Crippen molar-refractivity contribution in [2.75, 3.05) is 26.0 Å². The molecule has 0 fully saturated rings. The van der Waals surface area contributed by atoms with E-state index >= 15 is 0 Å². The zero-order valence-electron chi connectivity index (χ0n) is 9.04. The standard InChI is InChI=1S/C9H12Cl2N2O3S/c1-16-3-2-13-17(14,15)9-5-6(10)8(12)4-7(9)11/h4-5,13H,2-3,12H2,1H3. The minimum atomic E-state index is -3.70. The number of nitrogen functional groups attached to an aromatic ring is 1. The minimum absolute atomic E-state index is 0.0248. The van der Waals surface area contributed by atoms with Crippen molar-refractivity contribution >= 4 is 38.9 Å². The third kappa shape index (κ3) is 3.72. The van der Waals surface area contributed by atoms with Gasteiger partial charge in [-0.15, -0.1) is 0 Å². The fraction of sp³-hybridized carbons (Fsp3) is 0.333. The topological polar surface area (TPSA) is 81.4 Å². The van der Waals surface area contributed by atoms with Crippen molar-refractivity contribution < 1.29 is 13.2 Å². The molecule has 0 saturated carbocycles. The fourth-order valence-corrected chi connectivity index (χ4v) is 2.91. The van der Waals surface area contributed by atoms with Crippen LogP contribution in [0.2, 0.25) is 10.0 Å². The summed E-state index contributed by atoms with van der Waals surface area (Å²) in [5, 5.41) is 0.165. The van der Waals surface area contributed by atoms with Gasteiger partial charge in [0.15, 0.2) is 0 Å². The highest BCUT2D eigenvalue weighted by Gasteiger charge is 2.19. The van der Waals surface area contributed by atoms with Crippen LogP contribution >= 0.6 is 23.2 Å². The van der Waals surface area contributed by atoms with E-state index in [1.54, 1.807) is 0 Å². The number of sulfonamides is 1. The molecule has 0 aliphatic heterocycles. The smallest absolute Gasteiger partial charge is 0.242 e. The number of hydrogen-bond donors (Lipinski definition) is 2. The van der Waals surface area contributed by atoms with Crippen LogP contribution in [0.15, 0.2) is 17.0 Å². The second kappa shape index (κ2) is 5.88. The molecule has 0 spiro atoms. The summed E-state index contributed by atoms with van der Waals surface area (Å²) in [6.45, 7) is 0.413. The van der Waals surface area contributed by atoms with Crippen molar-refractivity contribution in [3.63, 3.8) is 0 Å². The Morgan fingerprint density at radius 2 is 2.00 bits per heavy atom. The fourth-order valence-electron chi connectivity index (χ4n) is 1.11. The molecule has 0 aliphatic rings. The predicted octanol–water partition coefficient (Wildman–Crippen LogP) is 1.50. The van der Waals surface area contributed by atoms with E-state index in [0.29, 0.717) is 0 Å². The van der Waals surface area contributed by atoms with Gasteiger partial charge in [-0.1, -0.05) is 23.2 Å². The van der Waals surface area contributed by atoms with Gasteiger partial charge in [0.05, 0.1) is 22.3 Å². The first-order valence-electron chi connectivity index (χ1n) is 4.61. The van der Waals surface area contributed by atoms with E-state index in [9.17, 15) is 8.42 Å². The van der Waals surface area contributed by atoms with Crippen molar-refractivity contribution in [2.24, 2.45) is 0 Å². The van der Waals surface area contributed by atoms with Gasteiger partial charge in [0.1, 0.15) is 4.90 Å². The number of benzene rings is 1. The van der Waals surface area contributed by atoms with Crippen molar-refractivity contribution in [2.45, 2.75) is 4.90 Å². The quantitative estimate of drug-likeness (QED) is 0.637. The van der Waals surface area contributed by atoms with Crippen molar-refractivity contribution in [3.8, 4) is 0 Å². The minimum Gasteiger partial charge on any atom is -0.397 e. The number of hydrogen-bond acceptors (Lipinski definition) is 4. The summed E-state index contributed by atoms with van der Waals surface area (Å²) in [6.07, 6.45) is 0. The van der Waals surface area contributed by atoms with Crippen LogP contribution in [-0.2, 0) is 14.8 Å². The Hall–Kier alpha value is -0.530. The van der Waals surface area contributed by atoms with E-state index in [1.807, 2.05) is 0 Å². The maximum atomic E-state index is 11.8. The molecule has 3 N–H and O–H groups in total. The zero-order valence-corrected chi connectivity index (χ0v) is 11.4. The molecule has 0 bridgehead atoms. The van der Waals surface area contributed by atoms with Gasteiger partial charge in [-0.3, -0.25) is 0 Å². The molecule has 1 aromatic carbocycles. The molecule has 1 rings (SSSR count). The summed E-state index contributed by atoms with van der Waals surface area (Å²) in [5.41, 5.74) is 5.73. The Bertz CT molecular complexity index is 505. The lowest BCUT2D eigenvalue weighted by atomic mass is 10.3. The second-order valence-corrected chi connectivity index (χ2v) is 5.74. The van der Waals surface area contributed by atoms with E-state index in [1.165, 1.54) is 19.2 Å².